The molecule has 11 heavy (non-hydrogen) atoms. The molecule has 0 aromatic heterocycles. The highest BCUT2D eigenvalue weighted by atomic mass is 14.9. The first-order valence-corrected chi connectivity index (χ1v) is 5.02. The number of rotatable bonds is 4. The highest BCUT2D eigenvalue weighted by molar-refractivity contribution is 4.89. The summed E-state index contributed by atoms with van der Waals surface area (Å²) >= 11 is 0. The minimum Gasteiger partial charge on any atom is -0.310 e. The number of nitrogens with one attached hydrogen (secondary N) is 1. The van der Waals surface area contributed by atoms with E-state index in [1.54, 1.807) is 6.04 Å². The predicted molar refractivity (Wildman–Crippen MR) is 49.2 cm³/mol. The fourth-order valence-corrected chi connectivity index (χ4v) is 1.60. The van der Waals surface area contributed by atoms with Crippen LogP contribution in [0.15, 0.2) is 0 Å². The van der Waals surface area contributed by atoms with Gasteiger partial charge in [-0.3, -0.25) is 0 Å². The molecule has 1 aliphatic carbocycles. The van der Waals surface area contributed by atoms with Crippen LogP contribution in [-0.2, 0) is 0 Å². The minimum atomic E-state index is 1.20. The molecule has 0 bridgehead atoms. The van der Waals surface area contributed by atoms with Gasteiger partial charge < -0.3 is 5.32 Å². The van der Waals surface area contributed by atoms with Crippen molar-refractivity contribution in [3.63, 3.8) is 0 Å². The number of unbranched alkanes of at least 4 members (excludes halogenated alkanes) is 1. The van der Waals surface area contributed by atoms with Crippen LogP contribution in [0.4, 0.5) is 0 Å². The van der Waals surface area contributed by atoms with Crippen molar-refractivity contribution in [1.29, 1.82) is 0 Å². The average molecular weight is 154 g/mol. The van der Waals surface area contributed by atoms with Gasteiger partial charge in [-0.05, 0) is 25.8 Å². The van der Waals surface area contributed by atoms with Crippen LogP contribution in [0.3, 0.4) is 0 Å². The lowest BCUT2D eigenvalue weighted by Gasteiger charge is -2.21. The van der Waals surface area contributed by atoms with Crippen molar-refractivity contribution in [3.05, 3.63) is 6.04 Å². The van der Waals surface area contributed by atoms with Crippen LogP contribution in [0.25, 0.3) is 0 Å². The molecule has 0 aromatic carbocycles. The Morgan fingerprint density at radius 2 is 1.91 bits per heavy atom. The molecule has 1 nitrogen and oxygen atoms in total. The van der Waals surface area contributed by atoms with E-state index >= 15 is 0 Å². The lowest BCUT2D eigenvalue weighted by atomic mass is 9.95. The largest absolute Gasteiger partial charge is 0.310 e. The van der Waals surface area contributed by atoms with E-state index in [1.807, 2.05) is 0 Å². The van der Waals surface area contributed by atoms with Crippen LogP contribution >= 0.6 is 0 Å². The Morgan fingerprint density at radius 1 is 1.18 bits per heavy atom. The van der Waals surface area contributed by atoms with E-state index in [2.05, 4.69) is 12.2 Å². The van der Waals surface area contributed by atoms with Gasteiger partial charge in [0.1, 0.15) is 0 Å². The van der Waals surface area contributed by atoms with E-state index < -0.39 is 0 Å². The molecule has 1 radical (unpaired) electrons. The van der Waals surface area contributed by atoms with Crippen LogP contribution < -0.4 is 5.32 Å². The highest BCUT2D eigenvalue weighted by Crippen LogP contribution is 2.22. The maximum Gasteiger partial charge on any atom is 0.0364 e. The Morgan fingerprint density at radius 3 is 2.55 bits per heavy atom. The molecule has 65 valence electrons. The molecular formula is C10H20N. The molecule has 1 heteroatoms. The van der Waals surface area contributed by atoms with Crippen LogP contribution in [0.5, 0.6) is 0 Å². The molecule has 0 atom stereocenters. The first kappa shape index (κ1) is 9.05. The maximum absolute atomic E-state index is 3.54. The quantitative estimate of drug-likeness (QED) is 0.614. The Balaban J connectivity index is 1.96. The standard InChI is InChI=1S/C10H20N/c1-2-3-9-11-10-7-5-4-6-8-10/h11H,2-9H2,1H3. The van der Waals surface area contributed by atoms with Gasteiger partial charge in [-0.25, -0.2) is 0 Å². The molecule has 1 rings (SSSR count). The normalized spacial score (nSPS) is 20.5. The Hall–Kier alpha value is -0.0400. The van der Waals surface area contributed by atoms with Crippen molar-refractivity contribution in [2.45, 2.75) is 51.9 Å². The van der Waals surface area contributed by atoms with Crippen LogP contribution in [0.1, 0.15) is 51.9 Å². The minimum absolute atomic E-state index is 1.20. The molecule has 1 aliphatic rings. The van der Waals surface area contributed by atoms with Gasteiger partial charge in [0.15, 0.2) is 0 Å². The number of hydrogen-bond donors (Lipinski definition) is 1. The topological polar surface area (TPSA) is 12.0 Å². The van der Waals surface area contributed by atoms with Crippen LogP contribution in [-0.4, -0.2) is 6.54 Å². The van der Waals surface area contributed by atoms with E-state index in [1.165, 1.54) is 51.5 Å². The summed E-state index contributed by atoms with van der Waals surface area (Å²) < 4.78 is 0. The first-order valence-electron chi connectivity index (χ1n) is 5.02. The van der Waals surface area contributed by atoms with Gasteiger partial charge in [0.05, 0.1) is 0 Å². The summed E-state index contributed by atoms with van der Waals surface area (Å²) in [5.74, 6) is 0. The van der Waals surface area contributed by atoms with Crippen molar-refractivity contribution in [3.8, 4) is 0 Å². The zero-order valence-electron chi connectivity index (χ0n) is 7.66. The lowest BCUT2D eigenvalue weighted by molar-refractivity contribution is 0.468. The third-order valence-electron chi connectivity index (χ3n) is 2.36. The molecule has 0 heterocycles. The van der Waals surface area contributed by atoms with Gasteiger partial charge in [-0.1, -0.05) is 32.6 Å². The highest BCUT2D eigenvalue weighted by Gasteiger charge is 2.12. The lowest BCUT2D eigenvalue weighted by Crippen LogP contribution is -2.24. The van der Waals surface area contributed by atoms with Gasteiger partial charge in [0.25, 0.3) is 0 Å². The second kappa shape index (κ2) is 5.59. The van der Waals surface area contributed by atoms with Gasteiger partial charge >= 0.3 is 0 Å². The van der Waals surface area contributed by atoms with Crippen molar-refractivity contribution >= 4 is 0 Å². The molecular weight excluding hydrogens is 134 g/mol. The molecule has 0 amide bonds. The van der Waals surface area contributed by atoms with E-state index in [0.717, 1.165) is 0 Å². The fraction of sp³-hybridized carbons (Fsp3) is 0.900. The second-order valence-electron chi connectivity index (χ2n) is 3.44. The summed E-state index contributed by atoms with van der Waals surface area (Å²) in [7, 11) is 0. The van der Waals surface area contributed by atoms with E-state index in [9.17, 15) is 0 Å². The SMILES string of the molecule is CCCCN[C]1CCCCC1. The number of hydrogen-bond acceptors (Lipinski definition) is 1. The molecule has 0 saturated heterocycles. The van der Waals surface area contributed by atoms with Gasteiger partial charge in [0.2, 0.25) is 0 Å². The van der Waals surface area contributed by atoms with E-state index in [-0.39, 0.29) is 0 Å². The second-order valence-corrected chi connectivity index (χ2v) is 3.44. The summed E-state index contributed by atoms with van der Waals surface area (Å²) in [5, 5.41) is 3.54. The molecule has 1 saturated carbocycles. The first-order chi connectivity index (χ1) is 5.43. The Labute approximate surface area is 70.6 Å². The molecule has 0 spiro atoms. The molecule has 0 aliphatic heterocycles. The van der Waals surface area contributed by atoms with Crippen LogP contribution in [0.2, 0.25) is 0 Å². The Bertz CT molecular complexity index is 84.9. The Kier molecular flexibility index (Phi) is 4.60. The summed E-state index contributed by atoms with van der Waals surface area (Å²) in [6.07, 6.45) is 9.57. The third-order valence-corrected chi connectivity index (χ3v) is 2.36. The van der Waals surface area contributed by atoms with Crippen molar-refractivity contribution in [2.24, 2.45) is 0 Å². The van der Waals surface area contributed by atoms with Gasteiger partial charge in [-0.2, -0.15) is 0 Å². The average Bonchev–Trinajstić information content (AvgIpc) is 2.07. The maximum atomic E-state index is 3.54. The summed E-state index contributed by atoms with van der Waals surface area (Å²) in [6, 6.07) is 1.62. The van der Waals surface area contributed by atoms with Gasteiger partial charge in [-0.15, -0.1) is 0 Å². The summed E-state index contributed by atoms with van der Waals surface area (Å²) in [5.41, 5.74) is 0. The molecule has 0 aromatic rings. The van der Waals surface area contributed by atoms with Crippen molar-refractivity contribution < 1.29 is 0 Å². The van der Waals surface area contributed by atoms with E-state index in [4.69, 9.17) is 0 Å². The fourth-order valence-electron chi connectivity index (χ4n) is 1.60. The summed E-state index contributed by atoms with van der Waals surface area (Å²) in [6.45, 7) is 3.44. The summed E-state index contributed by atoms with van der Waals surface area (Å²) in [4.78, 5) is 0. The molecule has 0 unspecified atom stereocenters. The van der Waals surface area contributed by atoms with Crippen molar-refractivity contribution in [1.82, 2.24) is 5.32 Å². The van der Waals surface area contributed by atoms with Gasteiger partial charge in [0, 0.05) is 6.04 Å². The third kappa shape index (κ3) is 3.76. The predicted octanol–water partition coefficient (Wildman–Crippen LogP) is 2.87. The molecule has 1 fully saturated rings. The zero-order valence-corrected chi connectivity index (χ0v) is 7.66. The van der Waals surface area contributed by atoms with Crippen LogP contribution in [0, 0.1) is 6.04 Å². The monoisotopic (exact) mass is 154 g/mol. The zero-order chi connectivity index (χ0) is 7.94. The van der Waals surface area contributed by atoms with Crippen molar-refractivity contribution in [2.75, 3.05) is 6.54 Å². The smallest absolute Gasteiger partial charge is 0.0364 e. The molecule has 1 N–H and O–H groups in total. The van der Waals surface area contributed by atoms with E-state index in [0.29, 0.717) is 0 Å².